The molecule has 0 fully saturated rings. The number of hydrogen-bond donors (Lipinski definition) is 0. The second-order valence-electron chi connectivity index (χ2n) is 8.62. The summed E-state index contributed by atoms with van der Waals surface area (Å²) >= 11 is 0. The molecule has 1 aliphatic carbocycles. The Hall–Kier alpha value is -3.54. The monoisotopic (exact) mass is 413 g/mol. The fourth-order valence-electron chi connectivity index (χ4n) is 5.36. The number of hydrogen-bond acceptors (Lipinski definition) is 4. The number of carbonyl (C=O) groups is 1. The van der Waals surface area contributed by atoms with E-state index >= 15 is 0 Å². The van der Waals surface area contributed by atoms with E-state index in [0.717, 1.165) is 32.4 Å². The average molecular weight is 413 g/mol. The summed E-state index contributed by atoms with van der Waals surface area (Å²) in [5.41, 5.74) is 5.75. The Morgan fingerprint density at radius 2 is 1.42 bits per heavy atom. The highest BCUT2D eigenvalue weighted by atomic mass is 16.2. The highest BCUT2D eigenvalue weighted by Gasteiger charge is 2.48. The van der Waals surface area contributed by atoms with Crippen LogP contribution in [0.2, 0.25) is 0 Å². The molecule has 3 aromatic rings. The van der Waals surface area contributed by atoms with Crippen molar-refractivity contribution < 1.29 is 4.79 Å². The zero-order chi connectivity index (χ0) is 22.2. The third kappa shape index (κ3) is 2.51. The van der Waals surface area contributed by atoms with E-state index in [1.54, 1.807) is 7.05 Å². The van der Waals surface area contributed by atoms with Gasteiger partial charge in [-0.2, -0.15) is 0 Å². The highest BCUT2D eigenvalue weighted by Crippen LogP contribution is 2.48. The first kappa shape index (κ1) is 19.4. The number of nitrogens with zero attached hydrogens (tertiary/aromatic N) is 3. The molecule has 1 aliphatic heterocycles. The number of aromatic nitrogens is 2. The second kappa shape index (κ2) is 6.48. The molecule has 31 heavy (non-hydrogen) atoms. The number of benzene rings is 2. The minimum absolute atomic E-state index is 0.0275. The smallest absolute Gasteiger partial charge is 0.293 e. The van der Waals surface area contributed by atoms with Crippen molar-refractivity contribution >= 4 is 17.3 Å². The van der Waals surface area contributed by atoms with Crippen molar-refractivity contribution in [2.45, 2.75) is 26.7 Å². The summed E-state index contributed by atoms with van der Waals surface area (Å²) in [6.45, 7) is 6.06. The van der Waals surface area contributed by atoms with Gasteiger partial charge >= 0.3 is 5.69 Å². The van der Waals surface area contributed by atoms with Crippen LogP contribution in [-0.4, -0.2) is 20.6 Å². The summed E-state index contributed by atoms with van der Waals surface area (Å²) in [7, 11) is 3.10. The molecular weight excluding hydrogens is 390 g/mol. The van der Waals surface area contributed by atoms with E-state index in [1.165, 1.54) is 11.6 Å². The van der Waals surface area contributed by atoms with Crippen molar-refractivity contribution in [2.75, 3.05) is 0 Å². The highest BCUT2D eigenvalue weighted by molar-refractivity contribution is 6.30. The summed E-state index contributed by atoms with van der Waals surface area (Å²) < 4.78 is 2.52. The lowest BCUT2D eigenvalue weighted by molar-refractivity contribution is 0.0953. The fourth-order valence-corrected chi connectivity index (χ4v) is 5.36. The molecule has 6 heteroatoms. The first-order valence-corrected chi connectivity index (χ1v) is 10.3. The van der Waals surface area contributed by atoms with E-state index in [4.69, 9.17) is 4.99 Å². The van der Waals surface area contributed by atoms with Crippen molar-refractivity contribution in [1.29, 1.82) is 0 Å². The number of ketones is 1. The number of fused-ring (bicyclic) bond motifs is 4. The van der Waals surface area contributed by atoms with E-state index < -0.39 is 23.1 Å². The Kier molecular flexibility index (Phi) is 4.06. The van der Waals surface area contributed by atoms with Crippen LogP contribution in [0.3, 0.4) is 0 Å². The quantitative estimate of drug-likeness (QED) is 0.615. The lowest BCUT2D eigenvalue weighted by Gasteiger charge is -2.32. The minimum Gasteiger partial charge on any atom is -0.293 e. The molecule has 0 N–H and O–H groups in total. The summed E-state index contributed by atoms with van der Waals surface area (Å²) in [4.78, 5) is 44.4. The van der Waals surface area contributed by atoms with Crippen LogP contribution < -0.4 is 11.2 Å². The Morgan fingerprint density at radius 1 is 0.806 bits per heavy atom. The van der Waals surface area contributed by atoms with Gasteiger partial charge in [-0.15, -0.1) is 0 Å². The summed E-state index contributed by atoms with van der Waals surface area (Å²) in [5.74, 6) is -0.780. The van der Waals surface area contributed by atoms with Crippen molar-refractivity contribution in [2.24, 2.45) is 25.0 Å². The second-order valence-corrected chi connectivity index (χ2v) is 8.62. The maximum atomic E-state index is 13.6. The third-order valence-corrected chi connectivity index (χ3v) is 6.63. The molecule has 0 saturated carbocycles. The molecule has 0 bridgehead atoms. The summed E-state index contributed by atoms with van der Waals surface area (Å²) in [5, 5.41) is 0. The predicted molar refractivity (Wildman–Crippen MR) is 120 cm³/mol. The van der Waals surface area contributed by atoms with Gasteiger partial charge in [0.25, 0.3) is 5.56 Å². The van der Waals surface area contributed by atoms with E-state index in [9.17, 15) is 14.4 Å². The lowest BCUT2D eigenvalue weighted by atomic mass is 9.73. The van der Waals surface area contributed by atoms with Crippen LogP contribution in [0.15, 0.2) is 51.0 Å². The van der Waals surface area contributed by atoms with Crippen LogP contribution in [0.5, 0.6) is 0 Å². The van der Waals surface area contributed by atoms with Crippen molar-refractivity contribution in [1.82, 2.24) is 9.13 Å². The number of carbonyl (C=O) groups excluding carboxylic acids is 1. The molecule has 2 aliphatic rings. The van der Waals surface area contributed by atoms with Crippen molar-refractivity contribution in [3.05, 3.63) is 96.2 Å². The molecule has 2 aromatic carbocycles. The van der Waals surface area contributed by atoms with E-state index in [1.807, 2.05) is 45.0 Å². The molecular formula is C25H23N3O3. The first-order chi connectivity index (χ1) is 14.7. The zero-order valence-corrected chi connectivity index (χ0v) is 18.2. The zero-order valence-electron chi connectivity index (χ0n) is 18.2. The predicted octanol–water partition coefficient (Wildman–Crippen LogP) is 3.09. The van der Waals surface area contributed by atoms with Gasteiger partial charge in [0.2, 0.25) is 0 Å². The third-order valence-electron chi connectivity index (χ3n) is 6.63. The molecule has 0 saturated heterocycles. The molecule has 2 atom stereocenters. The minimum atomic E-state index is -0.588. The Labute approximate surface area is 179 Å². The maximum absolute atomic E-state index is 13.6. The van der Waals surface area contributed by atoms with Crippen LogP contribution >= 0.6 is 0 Å². The summed E-state index contributed by atoms with van der Waals surface area (Å²) in [6.07, 6.45) is 0. The van der Waals surface area contributed by atoms with Gasteiger partial charge in [-0.3, -0.25) is 18.7 Å². The van der Waals surface area contributed by atoms with Gasteiger partial charge in [-0.25, -0.2) is 9.79 Å². The van der Waals surface area contributed by atoms with Gasteiger partial charge in [0.15, 0.2) is 5.78 Å². The summed E-state index contributed by atoms with van der Waals surface area (Å²) in [6, 6.07) is 11.6. The topological polar surface area (TPSA) is 73.4 Å². The van der Waals surface area contributed by atoms with Gasteiger partial charge in [0.05, 0.1) is 17.2 Å². The first-order valence-electron chi connectivity index (χ1n) is 10.3. The standard InChI is InChI=1S/C25H23N3O3/c1-12-10-13(2)17(14(3)11-12)18-19-21(15-8-6-7-9-16(15)22(19)29)26-23-20(18)24(30)28(5)25(31)27(23)4/h6-11,18-19H,1-5H3/t18-,19-/m0/s1. The van der Waals surface area contributed by atoms with Crippen LogP contribution in [0.1, 0.15) is 49.7 Å². The van der Waals surface area contributed by atoms with E-state index in [2.05, 4.69) is 12.1 Å². The van der Waals surface area contributed by atoms with E-state index in [0.29, 0.717) is 22.7 Å². The molecule has 156 valence electrons. The van der Waals surface area contributed by atoms with Gasteiger partial charge in [-0.05, 0) is 37.5 Å². The lowest BCUT2D eigenvalue weighted by Crippen LogP contribution is -2.43. The Bertz CT molecular complexity index is 1430. The number of Topliss-reactive ketones (excluding diaryl/α,β-unsaturated/α-hetero) is 1. The normalized spacial score (nSPS) is 19.0. The number of aryl methyl sites for hydroxylation is 3. The molecule has 1 aromatic heterocycles. The molecule has 0 radical (unpaired) electrons. The SMILES string of the molecule is Cc1cc(C)c([C@@H]2c3c(n(C)c(=O)n(C)c3=O)N=C3c4ccccc4C(=O)[C@H]32)c(C)c1. The number of aliphatic imine (C=N–C) groups is 1. The van der Waals surface area contributed by atoms with Gasteiger partial charge in [-0.1, -0.05) is 42.0 Å². The Morgan fingerprint density at radius 3 is 2.06 bits per heavy atom. The molecule has 5 rings (SSSR count). The molecule has 0 unspecified atom stereocenters. The maximum Gasteiger partial charge on any atom is 0.332 e. The molecule has 0 spiro atoms. The Balaban J connectivity index is 1.95. The van der Waals surface area contributed by atoms with Crippen molar-refractivity contribution in [3.8, 4) is 0 Å². The van der Waals surface area contributed by atoms with E-state index in [-0.39, 0.29) is 5.78 Å². The van der Waals surface area contributed by atoms with Crippen LogP contribution in [0.25, 0.3) is 0 Å². The molecule has 6 nitrogen and oxygen atoms in total. The fraction of sp³-hybridized carbons (Fsp3) is 0.280. The van der Waals surface area contributed by atoms with Crippen LogP contribution in [0, 0.1) is 26.7 Å². The van der Waals surface area contributed by atoms with Gasteiger partial charge < -0.3 is 0 Å². The average Bonchev–Trinajstić information content (AvgIpc) is 3.02. The number of rotatable bonds is 1. The largest absolute Gasteiger partial charge is 0.332 e. The molecule has 0 amide bonds. The van der Waals surface area contributed by atoms with Gasteiger partial charge in [0.1, 0.15) is 5.82 Å². The van der Waals surface area contributed by atoms with Crippen LogP contribution in [0.4, 0.5) is 5.82 Å². The van der Waals surface area contributed by atoms with Crippen LogP contribution in [-0.2, 0) is 14.1 Å². The van der Waals surface area contributed by atoms with Crippen molar-refractivity contribution in [3.63, 3.8) is 0 Å². The molecule has 2 heterocycles. The van der Waals surface area contributed by atoms with Gasteiger partial charge in [0, 0.05) is 31.1 Å².